The summed E-state index contributed by atoms with van der Waals surface area (Å²) in [4.78, 5) is 0. The van der Waals surface area contributed by atoms with Gasteiger partial charge in [0.05, 0.1) is 0 Å². The van der Waals surface area contributed by atoms with Crippen LogP contribution in [0.1, 0.15) is 37.3 Å². The summed E-state index contributed by atoms with van der Waals surface area (Å²) < 4.78 is 5.99. The highest BCUT2D eigenvalue weighted by atomic mass is 16.5. The van der Waals surface area contributed by atoms with E-state index in [4.69, 9.17) is 4.74 Å². The predicted octanol–water partition coefficient (Wildman–Crippen LogP) is 3.08. The van der Waals surface area contributed by atoms with Crippen molar-refractivity contribution in [1.29, 1.82) is 0 Å². The van der Waals surface area contributed by atoms with Gasteiger partial charge in [0.2, 0.25) is 0 Å². The SMILES string of the molecule is Cc1ccc2c(c1)CC(CNC1CCCC1C)O2. The van der Waals surface area contributed by atoms with Crippen LogP contribution in [0.3, 0.4) is 0 Å². The quantitative estimate of drug-likeness (QED) is 0.883. The predicted molar refractivity (Wildman–Crippen MR) is 74.1 cm³/mol. The summed E-state index contributed by atoms with van der Waals surface area (Å²) >= 11 is 0. The molecule has 1 aliphatic heterocycles. The third-order valence-electron chi connectivity index (χ3n) is 4.43. The second kappa shape index (κ2) is 4.93. The number of ether oxygens (including phenoxy) is 1. The highest BCUT2D eigenvalue weighted by Gasteiger charge is 2.27. The number of fused-ring (bicyclic) bond motifs is 1. The molecule has 1 aliphatic carbocycles. The first-order valence-electron chi connectivity index (χ1n) is 7.22. The van der Waals surface area contributed by atoms with Gasteiger partial charge in [0, 0.05) is 19.0 Å². The zero-order valence-electron chi connectivity index (χ0n) is 11.4. The first-order valence-corrected chi connectivity index (χ1v) is 7.22. The lowest BCUT2D eigenvalue weighted by Crippen LogP contribution is -2.38. The molecule has 1 fully saturated rings. The van der Waals surface area contributed by atoms with E-state index < -0.39 is 0 Å². The summed E-state index contributed by atoms with van der Waals surface area (Å²) in [6.45, 7) is 5.49. The summed E-state index contributed by atoms with van der Waals surface area (Å²) in [5, 5.41) is 3.70. The van der Waals surface area contributed by atoms with E-state index in [1.165, 1.54) is 30.4 Å². The van der Waals surface area contributed by atoms with E-state index in [2.05, 4.69) is 37.4 Å². The molecule has 0 saturated heterocycles. The monoisotopic (exact) mass is 245 g/mol. The van der Waals surface area contributed by atoms with E-state index in [-0.39, 0.29) is 0 Å². The van der Waals surface area contributed by atoms with Crippen molar-refractivity contribution < 1.29 is 4.74 Å². The Morgan fingerprint density at radius 3 is 3.00 bits per heavy atom. The van der Waals surface area contributed by atoms with Gasteiger partial charge in [-0.15, -0.1) is 0 Å². The third kappa shape index (κ3) is 2.39. The molecule has 0 radical (unpaired) electrons. The fourth-order valence-corrected chi connectivity index (χ4v) is 3.29. The minimum Gasteiger partial charge on any atom is -0.488 e. The fourth-order valence-electron chi connectivity index (χ4n) is 3.29. The van der Waals surface area contributed by atoms with Crippen LogP contribution in [0.5, 0.6) is 5.75 Å². The summed E-state index contributed by atoms with van der Waals surface area (Å²) in [6, 6.07) is 7.21. The van der Waals surface area contributed by atoms with Gasteiger partial charge >= 0.3 is 0 Å². The molecule has 3 unspecified atom stereocenters. The molecule has 2 nitrogen and oxygen atoms in total. The maximum Gasteiger partial charge on any atom is 0.123 e. The maximum atomic E-state index is 5.99. The van der Waals surface area contributed by atoms with Crippen LogP contribution in [0.4, 0.5) is 0 Å². The normalized spacial score (nSPS) is 30.2. The first kappa shape index (κ1) is 12.0. The van der Waals surface area contributed by atoms with Crippen LogP contribution in [0.25, 0.3) is 0 Å². The smallest absolute Gasteiger partial charge is 0.123 e. The van der Waals surface area contributed by atoms with Gasteiger partial charge < -0.3 is 10.1 Å². The van der Waals surface area contributed by atoms with Crippen molar-refractivity contribution in [3.05, 3.63) is 29.3 Å². The summed E-state index contributed by atoms with van der Waals surface area (Å²) in [7, 11) is 0. The van der Waals surface area contributed by atoms with Crippen LogP contribution < -0.4 is 10.1 Å². The molecule has 3 rings (SSSR count). The summed E-state index contributed by atoms with van der Waals surface area (Å²) in [6.07, 6.45) is 5.48. The minimum atomic E-state index is 0.328. The molecule has 0 bridgehead atoms. The number of aryl methyl sites for hydroxylation is 1. The molecule has 0 amide bonds. The van der Waals surface area contributed by atoms with Gasteiger partial charge in [-0.2, -0.15) is 0 Å². The van der Waals surface area contributed by atoms with Crippen LogP contribution in [0, 0.1) is 12.8 Å². The lowest BCUT2D eigenvalue weighted by Gasteiger charge is -2.20. The Hall–Kier alpha value is -1.02. The molecule has 18 heavy (non-hydrogen) atoms. The van der Waals surface area contributed by atoms with Crippen molar-refractivity contribution in [3.63, 3.8) is 0 Å². The van der Waals surface area contributed by atoms with Crippen molar-refractivity contribution >= 4 is 0 Å². The minimum absolute atomic E-state index is 0.328. The zero-order valence-corrected chi connectivity index (χ0v) is 11.4. The molecule has 98 valence electrons. The van der Waals surface area contributed by atoms with Gasteiger partial charge in [-0.05, 0) is 37.3 Å². The summed E-state index contributed by atoms with van der Waals surface area (Å²) in [5.41, 5.74) is 2.71. The van der Waals surface area contributed by atoms with Gasteiger partial charge in [-0.3, -0.25) is 0 Å². The van der Waals surface area contributed by atoms with Crippen LogP contribution in [-0.4, -0.2) is 18.7 Å². The van der Waals surface area contributed by atoms with E-state index in [1.54, 1.807) is 0 Å². The van der Waals surface area contributed by atoms with E-state index in [1.807, 2.05) is 0 Å². The number of hydrogen-bond acceptors (Lipinski definition) is 2. The standard InChI is InChI=1S/C16H23NO/c1-11-6-7-16-13(8-11)9-14(18-16)10-17-15-5-3-4-12(15)2/h6-8,12,14-15,17H,3-5,9-10H2,1-2H3. The van der Waals surface area contributed by atoms with Crippen LogP contribution in [-0.2, 0) is 6.42 Å². The van der Waals surface area contributed by atoms with Gasteiger partial charge in [-0.25, -0.2) is 0 Å². The van der Waals surface area contributed by atoms with Crippen molar-refractivity contribution in [2.75, 3.05) is 6.54 Å². The van der Waals surface area contributed by atoms with Gasteiger partial charge in [0.15, 0.2) is 0 Å². The average molecular weight is 245 g/mol. The van der Waals surface area contributed by atoms with Gasteiger partial charge in [0.25, 0.3) is 0 Å². The highest BCUT2D eigenvalue weighted by molar-refractivity contribution is 5.40. The topological polar surface area (TPSA) is 21.3 Å². The lowest BCUT2D eigenvalue weighted by atomic mass is 10.1. The number of benzene rings is 1. The number of nitrogens with one attached hydrogen (secondary N) is 1. The molecule has 1 heterocycles. The van der Waals surface area contributed by atoms with Crippen molar-refractivity contribution in [1.82, 2.24) is 5.32 Å². The largest absolute Gasteiger partial charge is 0.488 e. The average Bonchev–Trinajstić information content (AvgIpc) is 2.92. The van der Waals surface area contributed by atoms with Gasteiger partial charge in [0.1, 0.15) is 11.9 Å². The molecular formula is C16H23NO. The second-order valence-electron chi connectivity index (χ2n) is 5.98. The van der Waals surface area contributed by atoms with Crippen molar-refractivity contribution in [3.8, 4) is 5.75 Å². The molecule has 1 N–H and O–H groups in total. The number of hydrogen-bond donors (Lipinski definition) is 1. The maximum absolute atomic E-state index is 5.99. The first-order chi connectivity index (χ1) is 8.72. The molecule has 1 saturated carbocycles. The van der Waals surface area contributed by atoms with E-state index in [0.29, 0.717) is 12.1 Å². The Morgan fingerprint density at radius 2 is 2.22 bits per heavy atom. The molecule has 1 aromatic carbocycles. The number of rotatable bonds is 3. The third-order valence-corrected chi connectivity index (χ3v) is 4.43. The Bertz CT molecular complexity index is 429. The highest BCUT2D eigenvalue weighted by Crippen LogP contribution is 2.30. The molecule has 3 atom stereocenters. The molecule has 2 aliphatic rings. The van der Waals surface area contributed by atoms with Crippen LogP contribution in [0.2, 0.25) is 0 Å². The van der Waals surface area contributed by atoms with Crippen molar-refractivity contribution in [2.45, 2.75) is 51.7 Å². The molecule has 0 aromatic heterocycles. The van der Waals surface area contributed by atoms with Crippen molar-refractivity contribution in [2.24, 2.45) is 5.92 Å². The van der Waals surface area contributed by atoms with E-state index in [9.17, 15) is 0 Å². The Balaban J connectivity index is 1.54. The Kier molecular flexibility index (Phi) is 3.29. The van der Waals surface area contributed by atoms with Gasteiger partial charge in [-0.1, -0.05) is 31.0 Å². The van der Waals surface area contributed by atoms with E-state index in [0.717, 1.165) is 24.6 Å². The fraction of sp³-hybridized carbons (Fsp3) is 0.625. The zero-order chi connectivity index (χ0) is 12.5. The Morgan fingerprint density at radius 1 is 1.33 bits per heavy atom. The summed E-state index contributed by atoms with van der Waals surface area (Å²) in [5.74, 6) is 1.92. The molecule has 1 aromatic rings. The second-order valence-corrected chi connectivity index (χ2v) is 5.98. The lowest BCUT2D eigenvalue weighted by molar-refractivity contribution is 0.217. The van der Waals surface area contributed by atoms with E-state index >= 15 is 0 Å². The van der Waals surface area contributed by atoms with Crippen LogP contribution in [0.15, 0.2) is 18.2 Å². The Labute approximate surface area is 110 Å². The molecule has 2 heteroatoms. The molecular weight excluding hydrogens is 222 g/mol. The molecule has 0 spiro atoms. The van der Waals surface area contributed by atoms with Crippen LogP contribution >= 0.6 is 0 Å².